The van der Waals surface area contributed by atoms with E-state index in [4.69, 9.17) is 11.6 Å². The minimum Gasteiger partial charge on any atom is -0.127 e. The van der Waals surface area contributed by atoms with Crippen LogP contribution in [-0.2, 0) is 0 Å². The van der Waals surface area contributed by atoms with Crippen molar-refractivity contribution in [3.63, 3.8) is 0 Å². The van der Waals surface area contributed by atoms with Gasteiger partial charge in [0.25, 0.3) is 0 Å². The second-order valence-electron chi connectivity index (χ2n) is 2.62. The van der Waals surface area contributed by atoms with Crippen molar-refractivity contribution in [2.24, 2.45) is 5.92 Å². The molecule has 1 rings (SSSR count). The number of alkyl halides is 1. The van der Waals surface area contributed by atoms with Crippen molar-refractivity contribution >= 4 is 11.6 Å². The van der Waals surface area contributed by atoms with Gasteiger partial charge in [-0.1, -0.05) is 30.7 Å². The summed E-state index contributed by atoms with van der Waals surface area (Å²) in [6.07, 6.45) is 12.4. The fourth-order valence-electron chi connectivity index (χ4n) is 1.14. The molecule has 0 spiro atoms. The largest absolute Gasteiger partial charge is 0.127 e. The van der Waals surface area contributed by atoms with E-state index in [1.165, 1.54) is 12.8 Å². The van der Waals surface area contributed by atoms with Crippen LogP contribution in [0.2, 0.25) is 0 Å². The van der Waals surface area contributed by atoms with Crippen LogP contribution in [0.3, 0.4) is 0 Å². The first kappa shape index (κ1) is 7.87. The van der Waals surface area contributed by atoms with Gasteiger partial charge in [-0.3, -0.25) is 0 Å². The number of halogens is 1. The van der Waals surface area contributed by atoms with Crippen molar-refractivity contribution in [3.05, 3.63) is 24.3 Å². The highest BCUT2D eigenvalue weighted by atomic mass is 35.5. The first-order valence-corrected chi connectivity index (χ1v) is 4.38. The minimum absolute atomic E-state index is 0.697. The van der Waals surface area contributed by atoms with Crippen molar-refractivity contribution < 1.29 is 0 Å². The van der Waals surface area contributed by atoms with Crippen LogP contribution < -0.4 is 0 Å². The molecule has 0 aromatic rings. The van der Waals surface area contributed by atoms with E-state index in [0.717, 1.165) is 12.3 Å². The van der Waals surface area contributed by atoms with Gasteiger partial charge in [-0.15, -0.1) is 11.6 Å². The molecule has 1 aliphatic carbocycles. The minimum atomic E-state index is 0.697. The third-order valence-electron chi connectivity index (χ3n) is 1.75. The molecule has 1 heteroatoms. The van der Waals surface area contributed by atoms with Crippen LogP contribution in [0.15, 0.2) is 24.3 Å². The van der Waals surface area contributed by atoms with E-state index < -0.39 is 0 Å². The molecule has 1 aliphatic rings. The van der Waals surface area contributed by atoms with Crippen molar-refractivity contribution in [1.29, 1.82) is 0 Å². The zero-order valence-corrected chi connectivity index (χ0v) is 6.85. The summed E-state index contributed by atoms with van der Waals surface area (Å²) in [7, 11) is 0. The third-order valence-corrected chi connectivity index (χ3v) is 2.02. The first-order valence-electron chi connectivity index (χ1n) is 3.84. The maximum Gasteiger partial charge on any atom is 0.0223 e. The zero-order valence-electron chi connectivity index (χ0n) is 6.09. The molecule has 0 N–H and O–H groups in total. The van der Waals surface area contributed by atoms with Gasteiger partial charge in [-0.25, -0.2) is 0 Å². The maximum absolute atomic E-state index is 5.55. The molecule has 0 bridgehead atoms. The van der Waals surface area contributed by atoms with Crippen LogP contribution in [-0.4, -0.2) is 5.88 Å². The predicted molar refractivity (Wildman–Crippen MR) is 46.3 cm³/mol. The van der Waals surface area contributed by atoms with Crippen LogP contribution in [0.25, 0.3) is 0 Å². The maximum atomic E-state index is 5.55. The predicted octanol–water partition coefficient (Wildman–Crippen LogP) is 3.14. The quantitative estimate of drug-likeness (QED) is 0.434. The highest BCUT2D eigenvalue weighted by molar-refractivity contribution is 6.17. The summed E-state index contributed by atoms with van der Waals surface area (Å²) in [5.74, 6) is 1.50. The summed E-state index contributed by atoms with van der Waals surface area (Å²) < 4.78 is 0. The molecule has 10 heavy (non-hydrogen) atoms. The Morgan fingerprint density at radius 1 is 1.10 bits per heavy atom. The first-order chi connectivity index (χ1) is 4.93. The summed E-state index contributed by atoms with van der Waals surface area (Å²) in [4.78, 5) is 0. The van der Waals surface area contributed by atoms with E-state index in [0.29, 0.717) is 5.92 Å². The molecule has 0 aliphatic heterocycles. The molecule has 0 unspecified atom stereocenters. The van der Waals surface area contributed by atoms with Crippen LogP contribution in [0.5, 0.6) is 0 Å². The van der Waals surface area contributed by atoms with Crippen LogP contribution in [0.1, 0.15) is 19.3 Å². The highest BCUT2D eigenvalue weighted by Crippen LogP contribution is 2.16. The third kappa shape index (κ3) is 2.57. The molecular formula is C9H13Cl. The zero-order chi connectivity index (χ0) is 7.23. The van der Waals surface area contributed by atoms with E-state index in [9.17, 15) is 0 Å². The molecule has 0 aromatic carbocycles. The van der Waals surface area contributed by atoms with Crippen molar-refractivity contribution in [3.8, 4) is 0 Å². The number of allylic oxidation sites excluding steroid dienone is 4. The summed E-state index contributed by atoms with van der Waals surface area (Å²) in [6.45, 7) is 0. The molecule has 0 saturated heterocycles. The van der Waals surface area contributed by atoms with Crippen molar-refractivity contribution in [2.45, 2.75) is 19.3 Å². The molecule has 0 atom stereocenters. The van der Waals surface area contributed by atoms with E-state index in [1.54, 1.807) is 0 Å². The molecule has 0 amide bonds. The summed E-state index contributed by atoms with van der Waals surface area (Å²) in [6, 6.07) is 0. The Morgan fingerprint density at radius 3 is 2.40 bits per heavy atom. The molecular weight excluding hydrogens is 144 g/mol. The smallest absolute Gasteiger partial charge is 0.0223 e. The van der Waals surface area contributed by atoms with Crippen LogP contribution >= 0.6 is 11.6 Å². The second kappa shape index (κ2) is 4.56. The van der Waals surface area contributed by atoms with Crippen LogP contribution in [0.4, 0.5) is 0 Å². The number of hydrogen-bond donors (Lipinski definition) is 0. The molecule has 0 radical (unpaired) electrons. The van der Waals surface area contributed by atoms with Gasteiger partial charge in [0.2, 0.25) is 0 Å². The van der Waals surface area contributed by atoms with E-state index >= 15 is 0 Å². The Balaban J connectivity index is 2.03. The van der Waals surface area contributed by atoms with Gasteiger partial charge >= 0.3 is 0 Å². The fourth-order valence-corrected chi connectivity index (χ4v) is 1.33. The lowest BCUT2D eigenvalue weighted by Crippen LogP contribution is -1.88. The average molecular weight is 157 g/mol. The highest BCUT2D eigenvalue weighted by Gasteiger charge is 2.01. The number of rotatable bonds is 4. The van der Waals surface area contributed by atoms with Gasteiger partial charge in [-0.05, 0) is 18.8 Å². The molecule has 0 fully saturated rings. The normalized spacial score (nSPS) is 16.9. The molecule has 0 nitrogen and oxygen atoms in total. The molecule has 56 valence electrons. The number of hydrogen-bond acceptors (Lipinski definition) is 0. The summed E-state index contributed by atoms with van der Waals surface area (Å²) >= 11 is 5.55. The van der Waals surface area contributed by atoms with Gasteiger partial charge in [-0.2, -0.15) is 0 Å². The summed E-state index contributed by atoms with van der Waals surface area (Å²) in [5.41, 5.74) is 0. The number of unbranched alkanes of at least 4 members (excludes halogenated alkanes) is 1. The van der Waals surface area contributed by atoms with Crippen molar-refractivity contribution in [1.82, 2.24) is 0 Å². The van der Waals surface area contributed by atoms with E-state index in [2.05, 4.69) is 24.3 Å². The van der Waals surface area contributed by atoms with Gasteiger partial charge in [0.15, 0.2) is 0 Å². The van der Waals surface area contributed by atoms with Gasteiger partial charge < -0.3 is 0 Å². The Kier molecular flexibility index (Phi) is 3.59. The molecule has 0 heterocycles. The van der Waals surface area contributed by atoms with Gasteiger partial charge in [0.1, 0.15) is 0 Å². The molecule has 0 aromatic heterocycles. The Hall–Kier alpha value is -0.230. The summed E-state index contributed by atoms with van der Waals surface area (Å²) in [5, 5.41) is 0. The lowest BCUT2D eigenvalue weighted by Gasteiger charge is -2.01. The Bertz CT molecular complexity index is 124. The second-order valence-corrected chi connectivity index (χ2v) is 3.00. The fraction of sp³-hybridized carbons (Fsp3) is 0.556. The Morgan fingerprint density at radius 2 is 1.80 bits per heavy atom. The topological polar surface area (TPSA) is 0 Å². The van der Waals surface area contributed by atoms with Crippen molar-refractivity contribution in [2.75, 3.05) is 5.88 Å². The average Bonchev–Trinajstić information content (AvgIpc) is 2.41. The monoisotopic (exact) mass is 156 g/mol. The van der Waals surface area contributed by atoms with Gasteiger partial charge in [0.05, 0.1) is 0 Å². The Labute approximate surface area is 67.6 Å². The lowest BCUT2D eigenvalue weighted by atomic mass is 10.0. The van der Waals surface area contributed by atoms with E-state index in [-0.39, 0.29) is 0 Å². The van der Waals surface area contributed by atoms with Crippen LogP contribution in [0, 0.1) is 5.92 Å². The molecule has 0 saturated carbocycles. The van der Waals surface area contributed by atoms with Gasteiger partial charge in [0, 0.05) is 5.88 Å². The SMILES string of the molecule is ClCCCCC1C=CC=C1. The lowest BCUT2D eigenvalue weighted by molar-refractivity contribution is 0.649. The van der Waals surface area contributed by atoms with E-state index in [1.807, 2.05) is 0 Å². The standard InChI is InChI=1S/C9H13Cl/c10-8-4-3-7-9-5-1-2-6-9/h1-2,5-6,9H,3-4,7-8H2.